The lowest BCUT2D eigenvalue weighted by molar-refractivity contribution is -0.123. The molecule has 3 N–H and O–H groups in total. The van der Waals surface area contributed by atoms with E-state index in [1.54, 1.807) is 12.4 Å². The number of carbonyl (C=O) groups is 1. The van der Waals surface area contributed by atoms with Crippen molar-refractivity contribution in [1.29, 1.82) is 0 Å². The van der Waals surface area contributed by atoms with E-state index in [9.17, 15) is 4.79 Å². The van der Waals surface area contributed by atoms with E-state index in [0.29, 0.717) is 12.3 Å². The summed E-state index contributed by atoms with van der Waals surface area (Å²) in [5.41, 5.74) is 6.80. The van der Waals surface area contributed by atoms with Crippen LogP contribution in [0, 0.1) is 5.92 Å². The number of hydrogen-bond acceptors (Lipinski definition) is 3. The van der Waals surface area contributed by atoms with Gasteiger partial charge in [-0.3, -0.25) is 9.78 Å². The van der Waals surface area contributed by atoms with Crippen molar-refractivity contribution in [3.8, 4) is 0 Å². The predicted octanol–water partition coefficient (Wildman–Crippen LogP) is 1.63. The van der Waals surface area contributed by atoms with Crippen molar-refractivity contribution < 1.29 is 4.79 Å². The lowest BCUT2D eigenvalue weighted by Gasteiger charge is -2.18. The smallest absolute Gasteiger partial charge is 0.237 e. The molecule has 2 atom stereocenters. The average Bonchev–Trinajstić information content (AvgIpc) is 2.29. The van der Waals surface area contributed by atoms with Crippen LogP contribution in [0.1, 0.15) is 38.8 Å². The van der Waals surface area contributed by atoms with Crippen LogP contribution in [0.25, 0.3) is 0 Å². The van der Waals surface area contributed by atoms with Gasteiger partial charge in [-0.25, -0.2) is 0 Å². The molecule has 4 nitrogen and oxygen atoms in total. The van der Waals surface area contributed by atoms with Crippen molar-refractivity contribution in [2.24, 2.45) is 11.7 Å². The Morgan fingerprint density at radius 1 is 1.47 bits per heavy atom. The normalized spacial score (nSPS) is 14.4. The van der Waals surface area contributed by atoms with Crippen molar-refractivity contribution in [1.82, 2.24) is 10.3 Å². The van der Waals surface area contributed by atoms with E-state index in [2.05, 4.69) is 24.1 Å². The first-order valence-corrected chi connectivity index (χ1v) is 5.96. The molecule has 0 aliphatic rings. The summed E-state index contributed by atoms with van der Waals surface area (Å²) < 4.78 is 0. The fourth-order valence-electron chi connectivity index (χ4n) is 1.65. The molecule has 4 heteroatoms. The van der Waals surface area contributed by atoms with Gasteiger partial charge >= 0.3 is 0 Å². The minimum absolute atomic E-state index is 0.0607. The molecule has 1 heterocycles. The Balaban J connectivity index is 2.51. The quantitative estimate of drug-likeness (QED) is 0.815. The van der Waals surface area contributed by atoms with Crippen LogP contribution in [0.15, 0.2) is 24.5 Å². The van der Waals surface area contributed by atoms with Crippen LogP contribution < -0.4 is 11.1 Å². The summed E-state index contributed by atoms with van der Waals surface area (Å²) in [7, 11) is 0. The molecule has 1 aromatic heterocycles. The van der Waals surface area contributed by atoms with Crippen molar-refractivity contribution in [3.63, 3.8) is 0 Å². The highest BCUT2D eigenvalue weighted by atomic mass is 16.2. The highest BCUT2D eigenvalue weighted by Crippen LogP contribution is 2.10. The zero-order valence-corrected chi connectivity index (χ0v) is 10.7. The fourth-order valence-corrected chi connectivity index (χ4v) is 1.65. The third kappa shape index (κ3) is 4.53. The molecule has 0 fully saturated rings. The molecule has 0 aliphatic heterocycles. The number of pyridine rings is 1. The number of nitrogens with zero attached hydrogens (tertiary/aromatic N) is 1. The van der Waals surface area contributed by atoms with Gasteiger partial charge in [0.1, 0.15) is 0 Å². The van der Waals surface area contributed by atoms with E-state index in [-0.39, 0.29) is 11.9 Å². The van der Waals surface area contributed by atoms with E-state index in [1.165, 1.54) is 0 Å². The van der Waals surface area contributed by atoms with Crippen LogP contribution in [-0.2, 0) is 4.79 Å². The average molecular weight is 235 g/mol. The molecule has 17 heavy (non-hydrogen) atoms. The molecule has 0 saturated heterocycles. The molecular weight excluding hydrogens is 214 g/mol. The molecule has 0 aliphatic carbocycles. The van der Waals surface area contributed by atoms with Gasteiger partial charge in [0.05, 0.1) is 12.1 Å². The fraction of sp³-hybridized carbons (Fsp3) is 0.538. The third-order valence-electron chi connectivity index (χ3n) is 2.61. The summed E-state index contributed by atoms with van der Waals surface area (Å²) in [4.78, 5) is 15.8. The summed E-state index contributed by atoms with van der Waals surface area (Å²) in [6.07, 6.45) is 4.16. The Morgan fingerprint density at radius 2 is 2.18 bits per heavy atom. The first kappa shape index (κ1) is 13.6. The second-order valence-electron chi connectivity index (χ2n) is 4.75. The molecule has 0 aromatic carbocycles. The SMILES string of the molecule is CC(C)C[C@H](N)C(=O)N[C@@H](C)c1cccnc1. The zero-order chi connectivity index (χ0) is 12.8. The van der Waals surface area contributed by atoms with E-state index >= 15 is 0 Å². The van der Waals surface area contributed by atoms with Gasteiger partial charge in [0, 0.05) is 12.4 Å². The maximum Gasteiger partial charge on any atom is 0.237 e. The Labute approximate surface area is 103 Å². The summed E-state index contributed by atoms with van der Waals surface area (Å²) in [6, 6.07) is 3.29. The summed E-state index contributed by atoms with van der Waals surface area (Å²) in [5, 5.41) is 2.90. The zero-order valence-electron chi connectivity index (χ0n) is 10.7. The van der Waals surface area contributed by atoms with Gasteiger partial charge in [0.25, 0.3) is 0 Å². The molecule has 0 spiro atoms. The maximum atomic E-state index is 11.8. The third-order valence-corrected chi connectivity index (χ3v) is 2.61. The molecule has 0 radical (unpaired) electrons. The summed E-state index contributed by atoms with van der Waals surface area (Å²) in [5.74, 6) is 0.319. The Bertz CT molecular complexity index is 351. The van der Waals surface area contributed by atoms with Gasteiger partial charge in [-0.05, 0) is 30.9 Å². The van der Waals surface area contributed by atoms with Crippen LogP contribution in [0.5, 0.6) is 0 Å². The van der Waals surface area contributed by atoms with Gasteiger partial charge in [0.15, 0.2) is 0 Å². The van der Waals surface area contributed by atoms with Crippen LogP contribution in [-0.4, -0.2) is 16.9 Å². The number of carbonyl (C=O) groups excluding carboxylic acids is 1. The van der Waals surface area contributed by atoms with Crippen molar-refractivity contribution in [3.05, 3.63) is 30.1 Å². The second-order valence-corrected chi connectivity index (χ2v) is 4.75. The number of nitrogens with one attached hydrogen (secondary N) is 1. The standard InChI is InChI=1S/C13H21N3O/c1-9(2)7-12(14)13(17)16-10(3)11-5-4-6-15-8-11/h4-6,8-10,12H,7,14H2,1-3H3,(H,16,17)/t10-,12-/m0/s1. The van der Waals surface area contributed by atoms with E-state index < -0.39 is 6.04 Å². The number of aromatic nitrogens is 1. The molecule has 0 bridgehead atoms. The Morgan fingerprint density at radius 3 is 2.71 bits per heavy atom. The minimum atomic E-state index is -0.436. The lowest BCUT2D eigenvalue weighted by Crippen LogP contribution is -2.42. The van der Waals surface area contributed by atoms with E-state index in [4.69, 9.17) is 5.73 Å². The molecular formula is C13H21N3O. The molecule has 94 valence electrons. The highest BCUT2D eigenvalue weighted by molar-refractivity contribution is 5.81. The van der Waals surface area contributed by atoms with E-state index in [0.717, 1.165) is 5.56 Å². The molecule has 1 amide bonds. The van der Waals surface area contributed by atoms with E-state index in [1.807, 2.05) is 19.1 Å². The lowest BCUT2D eigenvalue weighted by atomic mass is 10.0. The minimum Gasteiger partial charge on any atom is -0.348 e. The number of nitrogens with two attached hydrogens (primary N) is 1. The Kier molecular flexibility index (Phi) is 5.10. The first-order chi connectivity index (χ1) is 8.00. The molecule has 1 aromatic rings. The van der Waals surface area contributed by atoms with Crippen LogP contribution in [0.3, 0.4) is 0 Å². The number of hydrogen-bond donors (Lipinski definition) is 2. The van der Waals surface area contributed by atoms with Gasteiger partial charge in [0.2, 0.25) is 5.91 Å². The number of rotatable bonds is 5. The number of amides is 1. The van der Waals surface area contributed by atoms with Crippen molar-refractivity contribution in [2.45, 2.75) is 39.3 Å². The summed E-state index contributed by atoms with van der Waals surface area (Å²) >= 11 is 0. The topological polar surface area (TPSA) is 68.0 Å². The van der Waals surface area contributed by atoms with Gasteiger partial charge in [-0.2, -0.15) is 0 Å². The maximum absolute atomic E-state index is 11.8. The second kappa shape index (κ2) is 6.35. The molecule has 0 saturated carbocycles. The monoisotopic (exact) mass is 235 g/mol. The largest absolute Gasteiger partial charge is 0.348 e. The highest BCUT2D eigenvalue weighted by Gasteiger charge is 2.17. The van der Waals surface area contributed by atoms with Crippen LogP contribution in [0.2, 0.25) is 0 Å². The van der Waals surface area contributed by atoms with Crippen LogP contribution >= 0.6 is 0 Å². The van der Waals surface area contributed by atoms with Gasteiger partial charge in [-0.1, -0.05) is 19.9 Å². The van der Waals surface area contributed by atoms with Crippen molar-refractivity contribution in [2.75, 3.05) is 0 Å². The summed E-state index contributed by atoms with van der Waals surface area (Å²) in [6.45, 7) is 6.03. The van der Waals surface area contributed by atoms with Crippen molar-refractivity contribution >= 4 is 5.91 Å². The predicted molar refractivity (Wildman–Crippen MR) is 68.2 cm³/mol. The molecule has 0 unspecified atom stereocenters. The first-order valence-electron chi connectivity index (χ1n) is 5.96. The van der Waals surface area contributed by atoms with Crippen LogP contribution in [0.4, 0.5) is 0 Å². The molecule has 1 rings (SSSR count). The van der Waals surface area contributed by atoms with Gasteiger partial charge < -0.3 is 11.1 Å². The van der Waals surface area contributed by atoms with Gasteiger partial charge in [-0.15, -0.1) is 0 Å². The Hall–Kier alpha value is -1.42.